The van der Waals surface area contributed by atoms with Gasteiger partial charge in [-0.3, -0.25) is 0 Å². The second-order valence-corrected chi connectivity index (χ2v) is 6.98. The van der Waals surface area contributed by atoms with E-state index in [0.717, 1.165) is 12.1 Å². The van der Waals surface area contributed by atoms with Crippen LogP contribution in [0.25, 0.3) is 0 Å². The van der Waals surface area contributed by atoms with Crippen LogP contribution in [0.2, 0.25) is 0 Å². The number of rotatable bonds is 3. The standard InChI is InChI=1S/C17H19BF2N2O3/c1-10-6-7-21-15(22-10)23-14-12(19)8-11(9-13(14)20)18-24-16(2,3)17(4,5)25-18/h6-9H,1-5H3. The fourth-order valence-corrected chi connectivity index (χ4v) is 2.36. The normalized spacial score (nSPS) is 18.4. The molecule has 0 atom stereocenters. The Morgan fingerprint density at radius 1 is 1.04 bits per heavy atom. The van der Waals surface area contributed by atoms with Crippen molar-refractivity contribution in [1.29, 1.82) is 0 Å². The number of ether oxygens (including phenoxy) is 1. The molecule has 0 saturated carbocycles. The van der Waals surface area contributed by atoms with Gasteiger partial charge in [-0.25, -0.2) is 18.7 Å². The van der Waals surface area contributed by atoms with Crippen molar-refractivity contribution in [2.45, 2.75) is 45.8 Å². The molecule has 8 heteroatoms. The number of benzene rings is 1. The third-order valence-corrected chi connectivity index (χ3v) is 4.51. The first-order valence-electron chi connectivity index (χ1n) is 7.91. The lowest BCUT2D eigenvalue weighted by Gasteiger charge is -2.32. The van der Waals surface area contributed by atoms with Gasteiger partial charge in [0.05, 0.1) is 11.2 Å². The third kappa shape index (κ3) is 3.36. The Kier molecular flexibility index (Phi) is 4.29. The predicted octanol–water partition coefficient (Wildman–Crippen LogP) is 3.15. The number of hydrogen-bond donors (Lipinski definition) is 0. The Morgan fingerprint density at radius 3 is 2.12 bits per heavy atom. The minimum atomic E-state index is -0.880. The zero-order valence-corrected chi connectivity index (χ0v) is 14.8. The minimum Gasteiger partial charge on any atom is -0.418 e. The van der Waals surface area contributed by atoms with Crippen molar-refractivity contribution >= 4 is 12.6 Å². The molecule has 0 amide bonds. The summed E-state index contributed by atoms with van der Waals surface area (Å²) in [5.74, 6) is -2.32. The number of hydrogen-bond acceptors (Lipinski definition) is 5. The third-order valence-electron chi connectivity index (χ3n) is 4.51. The van der Waals surface area contributed by atoms with Gasteiger partial charge in [0.25, 0.3) is 0 Å². The Bertz CT molecular complexity index is 775. The summed E-state index contributed by atoms with van der Waals surface area (Å²) in [5, 5.41) is 0. The lowest BCUT2D eigenvalue weighted by Crippen LogP contribution is -2.41. The highest BCUT2D eigenvalue weighted by molar-refractivity contribution is 6.62. The van der Waals surface area contributed by atoms with Crippen LogP contribution in [0.1, 0.15) is 33.4 Å². The smallest absolute Gasteiger partial charge is 0.418 e. The highest BCUT2D eigenvalue weighted by atomic mass is 19.1. The quantitative estimate of drug-likeness (QED) is 0.798. The molecule has 5 nitrogen and oxygen atoms in total. The topological polar surface area (TPSA) is 53.5 Å². The average Bonchev–Trinajstić information content (AvgIpc) is 2.71. The van der Waals surface area contributed by atoms with E-state index in [1.165, 1.54) is 6.20 Å². The van der Waals surface area contributed by atoms with Gasteiger partial charge in [0.2, 0.25) is 5.75 Å². The maximum atomic E-state index is 14.4. The van der Waals surface area contributed by atoms with Gasteiger partial charge in [-0.2, -0.15) is 0 Å². The fraction of sp³-hybridized carbons (Fsp3) is 0.412. The molecule has 132 valence electrons. The largest absolute Gasteiger partial charge is 0.495 e. The summed E-state index contributed by atoms with van der Waals surface area (Å²) in [6, 6.07) is 3.80. The van der Waals surface area contributed by atoms with E-state index in [0.29, 0.717) is 5.69 Å². The molecule has 2 aromatic rings. The Morgan fingerprint density at radius 2 is 1.60 bits per heavy atom. The van der Waals surface area contributed by atoms with E-state index in [9.17, 15) is 8.78 Å². The van der Waals surface area contributed by atoms with Gasteiger partial charge < -0.3 is 14.0 Å². The second-order valence-electron chi connectivity index (χ2n) is 6.98. The SMILES string of the molecule is Cc1ccnc(Oc2c(F)cc(B3OC(C)(C)C(C)(C)O3)cc2F)n1. The van der Waals surface area contributed by atoms with Crippen LogP contribution in [-0.4, -0.2) is 28.3 Å². The minimum absolute atomic E-state index is 0.124. The summed E-state index contributed by atoms with van der Waals surface area (Å²) in [5.41, 5.74) is -0.337. The zero-order valence-electron chi connectivity index (χ0n) is 14.8. The van der Waals surface area contributed by atoms with E-state index in [1.807, 2.05) is 27.7 Å². The van der Waals surface area contributed by atoms with Gasteiger partial charge >= 0.3 is 13.1 Å². The van der Waals surface area contributed by atoms with Gasteiger partial charge in [-0.15, -0.1) is 0 Å². The van der Waals surface area contributed by atoms with Crippen LogP contribution in [0.5, 0.6) is 11.8 Å². The molecular weight excluding hydrogens is 329 g/mol. The molecule has 3 rings (SSSR count). The van der Waals surface area contributed by atoms with Crippen molar-refractivity contribution in [2.24, 2.45) is 0 Å². The van der Waals surface area contributed by atoms with Crippen molar-refractivity contribution in [2.75, 3.05) is 0 Å². The molecule has 1 aromatic heterocycles. The molecule has 1 aromatic carbocycles. The summed E-state index contributed by atoms with van der Waals surface area (Å²) in [6.45, 7) is 9.19. The molecule has 2 heterocycles. The van der Waals surface area contributed by atoms with Crippen molar-refractivity contribution in [3.8, 4) is 11.8 Å². The van der Waals surface area contributed by atoms with Crippen LogP contribution < -0.4 is 10.2 Å². The first-order valence-corrected chi connectivity index (χ1v) is 7.91. The van der Waals surface area contributed by atoms with Crippen molar-refractivity contribution in [3.63, 3.8) is 0 Å². The molecule has 1 fully saturated rings. The summed E-state index contributed by atoms with van der Waals surface area (Å²) >= 11 is 0. The van der Waals surface area contributed by atoms with Gasteiger partial charge in [-0.1, -0.05) is 0 Å². The summed E-state index contributed by atoms with van der Waals surface area (Å²) in [4.78, 5) is 7.81. The average molecular weight is 348 g/mol. The summed E-state index contributed by atoms with van der Waals surface area (Å²) < 4.78 is 45.6. The van der Waals surface area contributed by atoms with E-state index in [4.69, 9.17) is 14.0 Å². The Balaban J connectivity index is 1.89. The summed E-state index contributed by atoms with van der Waals surface area (Å²) in [6.07, 6.45) is 1.45. The number of aromatic nitrogens is 2. The lowest BCUT2D eigenvalue weighted by atomic mass is 9.79. The molecule has 0 N–H and O–H groups in total. The number of nitrogens with zero attached hydrogens (tertiary/aromatic N) is 2. The molecule has 0 unspecified atom stereocenters. The molecule has 1 aliphatic heterocycles. The van der Waals surface area contributed by atoms with E-state index >= 15 is 0 Å². The molecule has 0 bridgehead atoms. The van der Waals surface area contributed by atoms with E-state index in [1.54, 1.807) is 13.0 Å². The highest BCUT2D eigenvalue weighted by Gasteiger charge is 2.52. The second kappa shape index (κ2) is 6.03. The molecule has 1 aliphatic rings. The zero-order chi connectivity index (χ0) is 18.4. The molecule has 0 radical (unpaired) electrons. The monoisotopic (exact) mass is 348 g/mol. The van der Waals surface area contributed by atoms with Crippen LogP contribution in [0.15, 0.2) is 24.4 Å². The molecule has 25 heavy (non-hydrogen) atoms. The van der Waals surface area contributed by atoms with Crippen molar-refractivity contribution < 1.29 is 22.8 Å². The van der Waals surface area contributed by atoms with Crippen LogP contribution in [0, 0.1) is 18.6 Å². The van der Waals surface area contributed by atoms with Crippen molar-refractivity contribution in [1.82, 2.24) is 9.97 Å². The van der Waals surface area contributed by atoms with E-state index in [-0.39, 0.29) is 11.5 Å². The summed E-state index contributed by atoms with van der Waals surface area (Å²) in [7, 11) is -0.863. The Labute approximate surface area is 145 Å². The molecule has 1 saturated heterocycles. The van der Waals surface area contributed by atoms with E-state index in [2.05, 4.69) is 9.97 Å². The van der Waals surface area contributed by atoms with Gasteiger partial charge in [0.15, 0.2) is 11.6 Å². The van der Waals surface area contributed by atoms with Gasteiger partial charge in [0, 0.05) is 11.9 Å². The first-order chi connectivity index (χ1) is 11.6. The molecule has 0 aliphatic carbocycles. The highest BCUT2D eigenvalue weighted by Crippen LogP contribution is 2.37. The predicted molar refractivity (Wildman–Crippen MR) is 88.9 cm³/mol. The maximum absolute atomic E-state index is 14.4. The first kappa shape index (κ1) is 17.8. The molecular formula is C17H19BF2N2O3. The van der Waals surface area contributed by atoms with Crippen molar-refractivity contribution in [3.05, 3.63) is 41.7 Å². The van der Waals surface area contributed by atoms with Crippen LogP contribution in [-0.2, 0) is 9.31 Å². The van der Waals surface area contributed by atoms with Crippen LogP contribution >= 0.6 is 0 Å². The number of aryl methyl sites for hydroxylation is 1. The maximum Gasteiger partial charge on any atom is 0.495 e. The van der Waals surface area contributed by atoms with Gasteiger partial charge in [0.1, 0.15) is 0 Å². The van der Waals surface area contributed by atoms with Crippen LogP contribution in [0.3, 0.4) is 0 Å². The van der Waals surface area contributed by atoms with Crippen LogP contribution in [0.4, 0.5) is 8.78 Å². The molecule has 0 spiro atoms. The van der Waals surface area contributed by atoms with E-state index < -0.39 is 35.7 Å². The Hall–Kier alpha value is -2.06. The van der Waals surface area contributed by atoms with Gasteiger partial charge in [-0.05, 0) is 58.3 Å². The fourth-order valence-electron chi connectivity index (χ4n) is 2.36. The number of halogens is 2. The lowest BCUT2D eigenvalue weighted by molar-refractivity contribution is 0.00578.